The second kappa shape index (κ2) is 10.2. The molecule has 0 radical (unpaired) electrons. The van der Waals surface area contributed by atoms with Crippen LogP contribution in [0, 0.1) is 0 Å². The Balaban J connectivity index is 1.31. The van der Waals surface area contributed by atoms with Crippen molar-refractivity contribution < 1.29 is 14.3 Å². The summed E-state index contributed by atoms with van der Waals surface area (Å²) in [5, 5.41) is 12.8. The van der Waals surface area contributed by atoms with Crippen LogP contribution in [0.25, 0.3) is 0 Å². The zero-order valence-electron chi connectivity index (χ0n) is 17.6. The van der Waals surface area contributed by atoms with Gasteiger partial charge in [0.05, 0.1) is 5.02 Å². The van der Waals surface area contributed by atoms with Gasteiger partial charge in [0, 0.05) is 29.5 Å². The number of halogens is 1. The third-order valence-electron chi connectivity index (χ3n) is 4.98. The summed E-state index contributed by atoms with van der Waals surface area (Å²) in [6.45, 7) is 1.80. The van der Waals surface area contributed by atoms with Gasteiger partial charge < -0.3 is 14.6 Å². The van der Waals surface area contributed by atoms with Crippen molar-refractivity contribution in [3.8, 4) is 5.75 Å². The first-order valence-electron chi connectivity index (χ1n) is 10.4. The number of para-hydroxylation sites is 1. The van der Waals surface area contributed by atoms with Crippen molar-refractivity contribution in [2.24, 2.45) is 0 Å². The first kappa shape index (κ1) is 22.4. The highest BCUT2D eigenvalue weighted by molar-refractivity contribution is 7.99. The maximum Gasteiger partial charge on any atom is 0.225 e. The summed E-state index contributed by atoms with van der Waals surface area (Å²) in [4.78, 5) is 23.6. The number of hydrogen-bond acceptors (Lipinski definition) is 6. The molecule has 0 saturated heterocycles. The van der Waals surface area contributed by atoms with E-state index >= 15 is 0 Å². The summed E-state index contributed by atoms with van der Waals surface area (Å²) in [5.74, 6) is 1.85. The van der Waals surface area contributed by atoms with Crippen molar-refractivity contribution in [2.75, 3.05) is 11.1 Å². The van der Waals surface area contributed by atoms with Crippen molar-refractivity contribution in [1.29, 1.82) is 0 Å². The first-order chi connectivity index (χ1) is 15.5. The molecule has 1 saturated carbocycles. The molecule has 1 aromatic heterocycles. The Kier molecular flexibility index (Phi) is 7.12. The van der Waals surface area contributed by atoms with Gasteiger partial charge in [-0.05, 0) is 56.2 Å². The Bertz CT molecular complexity index is 1110. The van der Waals surface area contributed by atoms with Crippen molar-refractivity contribution in [1.82, 2.24) is 14.8 Å². The maximum atomic E-state index is 12.3. The minimum Gasteiger partial charge on any atom is -0.484 e. The van der Waals surface area contributed by atoms with Gasteiger partial charge in [0.15, 0.2) is 16.8 Å². The molecule has 3 aromatic rings. The lowest BCUT2D eigenvalue weighted by Gasteiger charge is -2.11. The summed E-state index contributed by atoms with van der Waals surface area (Å²) < 4.78 is 7.95. The largest absolute Gasteiger partial charge is 0.484 e. The maximum absolute atomic E-state index is 12.3. The molecule has 1 fully saturated rings. The van der Waals surface area contributed by atoms with Crippen LogP contribution in [0.1, 0.15) is 48.4 Å². The van der Waals surface area contributed by atoms with Crippen LogP contribution in [0.3, 0.4) is 0 Å². The Hall–Kier alpha value is -2.84. The molecule has 9 heteroatoms. The van der Waals surface area contributed by atoms with Crippen LogP contribution in [-0.4, -0.2) is 32.2 Å². The molecular formula is C23H23ClN4O3S. The van der Waals surface area contributed by atoms with Gasteiger partial charge in [-0.3, -0.25) is 9.59 Å². The Labute approximate surface area is 195 Å². The minimum absolute atomic E-state index is 0.00399. The summed E-state index contributed by atoms with van der Waals surface area (Å²) in [6, 6.07) is 14.6. The van der Waals surface area contributed by atoms with Crippen LogP contribution in [0.2, 0.25) is 5.02 Å². The number of nitrogens with one attached hydrogen (secondary N) is 1. The normalized spacial score (nSPS) is 13.1. The fourth-order valence-electron chi connectivity index (χ4n) is 3.15. The molecule has 4 rings (SSSR count). The second-order valence-corrected chi connectivity index (χ2v) is 8.97. The lowest BCUT2D eigenvalue weighted by molar-refractivity contribution is -0.115. The topological polar surface area (TPSA) is 86.1 Å². The number of anilines is 1. The van der Waals surface area contributed by atoms with E-state index in [1.165, 1.54) is 18.7 Å². The SMILES string of the molecule is CC(=O)c1ccc(NC(=O)CCSc2nnc(COc3ccccc3Cl)n2C2CC2)cc1. The standard InChI is InChI=1S/C23H23ClN4O3S/c1-15(29)16-6-8-17(9-7-16)25-22(30)12-13-32-23-27-26-21(28(23)18-10-11-18)14-31-20-5-3-2-4-19(20)24/h2-9,18H,10-14H2,1H3,(H,25,30). The number of carbonyl (C=O) groups excluding carboxylic acids is 2. The number of amides is 1. The van der Waals surface area contributed by atoms with E-state index in [0.29, 0.717) is 40.2 Å². The van der Waals surface area contributed by atoms with E-state index in [1.54, 1.807) is 30.3 Å². The first-order valence-corrected chi connectivity index (χ1v) is 11.7. The van der Waals surface area contributed by atoms with Gasteiger partial charge in [-0.2, -0.15) is 0 Å². The van der Waals surface area contributed by atoms with Gasteiger partial charge in [-0.15, -0.1) is 10.2 Å². The molecule has 7 nitrogen and oxygen atoms in total. The van der Waals surface area contributed by atoms with Crippen LogP contribution >= 0.6 is 23.4 Å². The van der Waals surface area contributed by atoms with Crippen molar-refractivity contribution >= 4 is 40.7 Å². The minimum atomic E-state index is -0.0900. The molecule has 2 aromatic carbocycles. The summed E-state index contributed by atoms with van der Waals surface area (Å²) in [7, 11) is 0. The fourth-order valence-corrected chi connectivity index (χ4v) is 4.31. The Morgan fingerprint density at radius 2 is 1.91 bits per heavy atom. The van der Waals surface area contributed by atoms with E-state index in [0.717, 1.165) is 23.8 Å². The van der Waals surface area contributed by atoms with E-state index < -0.39 is 0 Å². The van der Waals surface area contributed by atoms with E-state index in [4.69, 9.17) is 16.3 Å². The lowest BCUT2D eigenvalue weighted by atomic mass is 10.1. The van der Waals surface area contributed by atoms with Gasteiger partial charge >= 0.3 is 0 Å². The Morgan fingerprint density at radius 1 is 1.16 bits per heavy atom. The third kappa shape index (κ3) is 5.69. The van der Waals surface area contributed by atoms with Gasteiger partial charge in [0.2, 0.25) is 5.91 Å². The zero-order chi connectivity index (χ0) is 22.5. The highest BCUT2D eigenvalue weighted by Crippen LogP contribution is 2.39. The highest BCUT2D eigenvalue weighted by Gasteiger charge is 2.30. The molecule has 0 atom stereocenters. The van der Waals surface area contributed by atoms with Crippen molar-refractivity contribution in [3.05, 3.63) is 64.9 Å². The van der Waals surface area contributed by atoms with Gasteiger partial charge in [-0.25, -0.2) is 0 Å². The number of Topliss-reactive ketones (excluding diaryl/α,β-unsaturated/α-hetero) is 1. The van der Waals surface area contributed by atoms with E-state index in [2.05, 4.69) is 20.1 Å². The summed E-state index contributed by atoms with van der Waals surface area (Å²) >= 11 is 7.67. The number of thioether (sulfide) groups is 1. The molecule has 1 heterocycles. The number of nitrogens with zero attached hydrogens (tertiary/aromatic N) is 3. The number of benzene rings is 2. The number of ether oxygens (including phenoxy) is 1. The summed E-state index contributed by atoms with van der Waals surface area (Å²) in [6.07, 6.45) is 2.50. The van der Waals surface area contributed by atoms with Gasteiger partial charge in [-0.1, -0.05) is 35.5 Å². The van der Waals surface area contributed by atoms with E-state index in [9.17, 15) is 9.59 Å². The number of carbonyl (C=O) groups is 2. The van der Waals surface area contributed by atoms with Gasteiger partial charge in [0.1, 0.15) is 12.4 Å². The van der Waals surface area contributed by atoms with Crippen LogP contribution < -0.4 is 10.1 Å². The smallest absolute Gasteiger partial charge is 0.225 e. The zero-order valence-corrected chi connectivity index (χ0v) is 19.2. The van der Waals surface area contributed by atoms with Crippen LogP contribution in [0.4, 0.5) is 5.69 Å². The average Bonchev–Trinajstić information content (AvgIpc) is 3.54. The number of rotatable bonds is 10. The van der Waals surface area contributed by atoms with E-state index in [-0.39, 0.29) is 18.3 Å². The molecule has 1 aliphatic carbocycles. The van der Waals surface area contributed by atoms with Crippen molar-refractivity contribution in [2.45, 2.75) is 44.0 Å². The predicted molar refractivity (Wildman–Crippen MR) is 124 cm³/mol. The number of aromatic nitrogens is 3. The summed E-state index contributed by atoms with van der Waals surface area (Å²) in [5.41, 5.74) is 1.29. The van der Waals surface area contributed by atoms with Gasteiger partial charge in [0.25, 0.3) is 0 Å². The molecule has 0 unspecified atom stereocenters. The molecule has 0 bridgehead atoms. The number of ketones is 1. The Morgan fingerprint density at radius 3 is 2.59 bits per heavy atom. The van der Waals surface area contributed by atoms with Crippen LogP contribution in [0.15, 0.2) is 53.7 Å². The third-order valence-corrected chi connectivity index (χ3v) is 6.23. The molecule has 32 heavy (non-hydrogen) atoms. The molecule has 1 amide bonds. The predicted octanol–water partition coefficient (Wildman–Crippen LogP) is 5.17. The molecule has 1 aliphatic rings. The quantitative estimate of drug-likeness (QED) is 0.325. The molecule has 166 valence electrons. The monoisotopic (exact) mass is 470 g/mol. The molecular weight excluding hydrogens is 448 g/mol. The van der Waals surface area contributed by atoms with Crippen LogP contribution in [-0.2, 0) is 11.4 Å². The van der Waals surface area contributed by atoms with E-state index in [1.807, 2.05) is 18.2 Å². The molecule has 1 N–H and O–H groups in total. The number of hydrogen-bond donors (Lipinski definition) is 1. The van der Waals surface area contributed by atoms with Crippen LogP contribution in [0.5, 0.6) is 5.75 Å². The second-order valence-electron chi connectivity index (χ2n) is 7.50. The molecule has 0 aliphatic heterocycles. The van der Waals surface area contributed by atoms with Crippen molar-refractivity contribution in [3.63, 3.8) is 0 Å². The lowest BCUT2D eigenvalue weighted by Crippen LogP contribution is -2.12. The molecule has 0 spiro atoms. The fraction of sp³-hybridized carbons (Fsp3) is 0.304. The highest BCUT2D eigenvalue weighted by atomic mass is 35.5. The average molecular weight is 471 g/mol.